The van der Waals surface area contributed by atoms with Crippen LogP contribution in [0.4, 0.5) is 0 Å². The summed E-state index contributed by atoms with van der Waals surface area (Å²) in [7, 11) is 0. The van der Waals surface area contributed by atoms with E-state index in [9.17, 15) is 14.9 Å². The van der Waals surface area contributed by atoms with Gasteiger partial charge < -0.3 is 13.9 Å². The highest BCUT2D eigenvalue weighted by Crippen LogP contribution is 2.38. The summed E-state index contributed by atoms with van der Waals surface area (Å²) in [6.07, 6.45) is 3.87. The number of nitrogens with zero attached hydrogens (tertiary/aromatic N) is 3. The third kappa shape index (κ3) is 4.04. The zero-order valence-electron chi connectivity index (χ0n) is 17.7. The molecule has 3 rings (SSSR count). The van der Waals surface area contributed by atoms with Gasteiger partial charge in [0, 0.05) is 40.9 Å². The number of esters is 1. The van der Waals surface area contributed by atoms with Gasteiger partial charge in [-0.2, -0.15) is 5.26 Å². The molecule has 29 heavy (non-hydrogen) atoms. The Balaban J connectivity index is 1.72. The maximum absolute atomic E-state index is 12.5. The van der Waals surface area contributed by atoms with Crippen molar-refractivity contribution in [2.75, 3.05) is 6.61 Å². The Morgan fingerprint density at radius 2 is 1.86 bits per heavy atom. The maximum atomic E-state index is 12.5. The lowest BCUT2D eigenvalue weighted by Gasteiger charge is -2.07. The van der Waals surface area contributed by atoms with Gasteiger partial charge >= 0.3 is 5.97 Å². The van der Waals surface area contributed by atoms with E-state index in [0.29, 0.717) is 11.6 Å². The summed E-state index contributed by atoms with van der Waals surface area (Å²) < 4.78 is 9.44. The molecule has 6 heteroatoms. The Labute approximate surface area is 171 Å². The molecule has 1 saturated carbocycles. The third-order valence-electron chi connectivity index (χ3n) is 5.60. The molecule has 1 aliphatic carbocycles. The van der Waals surface area contributed by atoms with Crippen LogP contribution < -0.4 is 0 Å². The molecule has 0 aliphatic heterocycles. The molecule has 1 aliphatic rings. The number of carbonyl (C=O) groups is 2. The second-order valence-corrected chi connectivity index (χ2v) is 7.63. The van der Waals surface area contributed by atoms with Crippen LogP contribution in [0.15, 0.2) is 17.7 Å². The van der Waals surface area contributed by atoms with Crippen LogP contribution in [0.5, 0.6) is 0 Å². The zero-order chi connectivity index (χ0) is 21.3. The molecule has 152 valence electrons. The number of hydrogen-bond donors (Lipinski definition) is 0. The van der Waals surface area contributed by atoms with Gasteiger partial charge in [0.1, 0.15) is 11.6 Å². The van der Waals surface area contributed by atoms with Crippen molar-refractivity contribution >= 4 is 17.8 Å². The number of nitriles is 1. The molecule has 0 N–H and O–H groups in total. The van der Waals surface area contributed by atoms with Crippen LogP contribution in [-0.4, -0.2) is 27.5 Å². The monoisotopic (exact) mass is 393 g/mol. The molecule has 0 aromatic carbocycles. The molecule has 0 bridgehead atoms. The SMILES string of the molecule is CCn1c(C)cc(C(=O)COC(=O)/C(C#N)=C/c2cc(C)n(C3CC3)c2C)c1C. The average molecular weight is 393 g/mol. The number of ether oxygens (including phenoxy) is 1. The van der Waals surface area contributed by atoms with Crippen LogP contribution in [0.2, 0.25) is 0 Å². The fourth-order valence-corrected chi connectivity index (χ4v) is 3.99. The van der Waals surface area contributed by atoms with Crippen molar-refractivity contribution in [3.8, 4) is 6.07 Å². The van der Waals surface area contributed by atoms with Gasteiger partial charge in [0.2, 0.25) is 5.78 Å². The van der Waals surface area contributed by atoms with Crippen LogP contribution in [-0.2, 0) is 16.1 Å². The molecule has 0 amide bonds. The first-order chi connectivity index (χ1) is 13.8. The largest absolute Gasteiger partial charge is 0.453 e. The van der Waals surface area contributed by atoms with Gasteiger partial charge in [-0.1, -0.05) is 0 Å². The standard InChI is InChI=1S/C23H27N3O3/c1-6-25-14(2)10-21(17(25)5)22(27)13-29-23(28)19(12-24)11-18-9-15(3)26(16(18)4)20-7-8-20/h9-11,20H,6-8,13H2,1-5H3/b19-11+. The summed E-state index contributed by atoms with van der Waals surface area (Å²) in [5.41, 5.74) is 5.27. The third-order valence-corrected chi connectivity index (χ3v) is 5.60. The average Bonchev–Trinajstić information content (AvgIpc) is 3.42. The minimum Gasteiger partial charge on any atom is -0.453 e. The minimum atomic E-state index is -0.777. The van der Waals surface area contributed by atoms with Gasteiger partial charge in [-0.15, -0.1) is 0 Å². The molecule has 6 nitrogen and oxygen atoms in total. The Kier molecular flexibility index (Phi) is 5.78. The Bertz CT molecular complexity index is 1040. The van der Waals surface area contributed by atoms with Crippen molar-refractivity contribution in [3.05, 3.63) is 51.6 Å². The van der Waals surface area contributed by atoms with E-state index in [1.54, 1.807) is 6.08 Å². The number of ketones is 1. The van der Waals surface area contributed by atoms with E-state index in [2.05, 4.69) is 4.57 Å². The molecule has 2 heterocycles. The molecular formula is C23H27N3O3. The molecule has 0 spiro atoms. The second-order valence-electron chi connectivity index (χ2n) is 7.63. The van der Waals surface area contributed by atoms with Crippen molar-refractivity contribution in [2.45, 2.75) is 60.0 Å². The van der Waals surface area contributed by atoms with Crippen molar-refractivity contribution in [3.63, 3.8) is 0 Å². The Morgan fingerprint density at radius 1 is 1.17 bits per heavy atom. The predicted molar refractivity (Wildman–Crippen MR) is 111 cm³/mol. The molecular weight excluding hydrogens is 366 g/mol. The van der Waals surface area contributed by atoms with Gasteiger partial charge in [-0.3, -0.25) is 4.79 Å². The van der Waals surface area contributed by atoms with Crippen LogP contribution in [0.3, 0.4) is 0 Å². The van der Waals surface area contributed by atoms with E-state index in [-0.39, 0.29) is 18.0 Å². The number of rotatable bonds is 7. The van der Waals surface area contributed by atoms with Gasteiger partial charge in [0.15, 0.2) is 6.61 Å². The highest BCUT2D eigenvalue weighted by molar-refractivity contribution is 6.02. The van der Waals surface area contributed by atoms with Crippen molar-refractivity contribution in [1.82, 2.24) is 9.13 Å². The first kappa shape index (κ1) is 20.7. The van der Waals surface area contributed by atoms with Gasteiger partial charge in [0.05, 0.1) is 0 Å². The number of carbonyl (C=O) groups excluding carboxylic acids is 2. The number of aryl methyl sites for hydroxylation is 2. The molecule has 0 saturated heterocycles. The number of Topliss-reactive ketones (excluding diaryl/α,β-unsaturated/α-hetero) is 1. The summed E-state index contributed by atoms with van der Waals surface area (Å²) in [4.78, 5) is 24.9. The molecule has 2 aromatic heterocycles. The zero-order valence-corrected chi connectivity index (χ0v) is 17.7. The number of hydrogen-bond acceptors (Lipinski definition) is 4. The summed E-state index contributed by atoms with van der Waals surface area (Å²) in [6.45, 7) is 10.2. The van der Waals surface area contributed by atoms with Crippen molar-refractivity contribution in [2.24, 2.45) is 0 Å². The first-order valence-corrected chi connectivity index (χ1v) is 9.95. The lowest BCUT2D eigenvalue weighted by Crippen LogP contribution is -2.16. The fourth-order valence-electron chi connectivity index (χ4n) is 3.99. The van der Waals surface area contributed by atoms with Crippen molar-refractivity contribution in [1.29, 1.82) is 5.26 Å². The van der Waals surface area contributed by atoms with Gasteiger partial charge in [-0.25, -0.2) is 4.79 Å². The molecule has 0 atom stereocenters. The smallest absolute Gasteiger partial charge is 0.349 e. The lowest BCUT2D eigenvalue weighted by atomic mass is 10.1. The van der Waals surface area contributed by atoms with Crippen LogP contribution in [0.25, 0.3) is 6.08 Å². The summed E-state index contributed by atoms with van der Waals surface area (Å²) in [5.74, 6) is -1.04. The van der Waals surface area contributed by atoms with E-state index < -0.39 is 5.97 Å². The van der Waals surface area contributed by atoms with Crippen LogP contribution in [0.1, 0.15) is 64.5 Å². The van der Waals surface area contributed by atoms with E-state index >= 15 is 0 Å². The molecule has 0 radical (unpaired) electrons. The Morgan fingerprint density at radius 3 is 2.41 bits per heavy atom. The molecule has 0 unspecified atom stereocenters. The Hall–Kier alpha value is -3.07. The second kappa shape index (κ2) is 8.12. The lowest BCUT2D eigenvalue weighted by molar-refractivity contribution is -0.137. The summed E-state index contributed by atoms with van der Waals surface area (Å²) in [5, 5.41) is 9.43. The highest BCUT2D eigenvalue weighted by atomic mass is 16.5. The van der Waals surface area contributed by atoms with E-state index in [1.807, 2.05) is 57.4 Å². The molecule has 1 fully saturated rings. The fraction of sp³-hybridized carbons (Fsp3) is 0.435. The normalized spacial score (nSPS) is 14.0. The maximum Gasteiger partial charge on any atom is 0.349 e. The van der Waals surface area contributed by atoms with Gasteiger partial charge in [0.25, 0.3) is 0 Å². The highest BCUT2D eigenvalue weighted by Gasteiger charge is 2.27. The molecule has 2 aromatic rings. The quantitative estimate of drug-likeness (QED) is 0.306. The van der Waals surface area contributed by atoms with Crippen LogP contribution in [0, 0.1) is 39.0 Å². The van der Waals surface area contributed by atoms with E-state index in [4.69, 9.17) is 4.74 Å². The minimum absolute atomic E-state index is 0.104. The van der Waals surface area contributed by atoms with E-state index in [1.165, 1.54) is 0 Å². The summed E-state index contributed by atoms with van der Waals surface area (Å²) >= 11 is 0. The topological polar surface area (TPSA) is 77.0 Å². The van der Waals surface area contributed by atoms with Gasteiger partial charge in [-0.05, 0) is 71.2 Å². The number of aromatic nitrogens is 2. The first-order valence-electron chi connectivity index (χ1n) is 9.95. The van der Waals surface area contributed by atoms with Crippen LogP contribution >= 0.6 is 0 Å². The predicted octanol–water partition coefficient (Wildman–Crippen LogP) is 4.21. The summed E-state index contributed by atoms with van der Waals surface area (Å²) in [6, 6.07) is 6.22. The van der Waals surface area contributed by atoms with E-state index in [0.717, 1.165) is 47.7 Å². The van der Waals surface area contributed by atoms with Crippen molar-refractivity contribution < 1.29 is 14.3 Å².